The molecule has 1 saturated heterocycles. The Balaban J connectivity index is 1.19. The molecular weight excluding hydrogens is 546 g/mol. The molecule has 0 saturated carbocycles. The van der Waals surface area contributed by atoms with Crippen molar-refractivity contribution in [2.24, 2.45) is 0 Å². The Kier molecular flexibility index (Phi) is 7.05. The summed E-state index contributed by atoms with van der Waals surface area (Å²) in [5, 5.41) is 0.503. The maximum absolute atomic E-state index is 13.0. The lowest BCUT2D eigenvalue weighted by Gasteiger charge is -2.34. The van der Waals surface area contributed by atoms with E-state index in [1.165, 1.54) is 16.4 Å². The van der Waals surface area contributed by atoms with Gasteiger partial charge in [-0.15, -0.1) is 0 Å². The standard InChI is InChI=1S/C29H26ClN7O2S/c30-22-7-9-23(10-8-22)40(38,39)37-16-14-36(15-17-37)27-13-6-21(19-32-27)24-11-12-25-28(33-24)26(35-29(31)34-25)18-20-4-2-1-3-5-20/h1-13,19H,14-18H2,(H2,31,34,35). The second-order valence-corrected chi connectivity index (χ2v) is 11.9. The Morgan fingerprint density at radius 1 is 0.825 bits per heavy atom. The van der Waals surface area contributed by atoms with E-state index in [1.807, 2.05) is 54.6 Å². The van der Waals surface area contributed by atoms with E-state index in [0.717, 1.165) is 28.3 Å². The zero-order chi connectivity index (χ0) is 27.7. The SMILES string of the molecule is Nc1nc(Cc2ccccc2)c2nc(-c3ccc(N4CCN(S(=O)(=O)c5ccc(Cl)cc5)CC4)nc3)ccc2n1. The Morgan fingerprint density at radius 3 is 2.27 bits per heavy atom. The van der Waals surface area contributed by atoms with Crippen LogP contribution >= 0.6 is 11.6 Å². The fraction of sp³-hybridized carbons (Fsp3) is 0.172. The lowest BCUT2D eigenvalue weighted by molar-refractivity contribution is 0.384. The number of nitrogen functional groups attached to an aromatic ring is 1. The molecule has 4 heterocycles. The van der Waals surface area contributed by atoms with Crippen LogP contribution in [0, 0.1) is 0 Å². The molecule has 11 heteroatoms. The predicted molar refractivity (Wildman–Crippen MR) is 157 cm³/mol. The highest BCUT2D eigenvalue weighted by Crippen LogP contribution is 2.26. The van der Waals surface area contributed by atoms with E-state index in [0.29, 0.717) is 48.7 Å². The number of pyridine rings is 2. The van der Waals surface area contributed by atoms with Crippen molar-refractivity contribution >= 4 is 44.4 Å². The first-order chi connectivity index (χ1) is 19.4. The van der Waals surface area contributed by atoms with Crippen molar-refractivity contribution in [1.29, 1.82) is 0 Å². The van der Waals surface area contributed by atoms with Gasteiger partial charge in [-0.3, -0.25) is 0 Å². The van der Waals surface area contributed by atoms with Crippen LogP contribution in [0.2, 0.25) is 5.02 Å². The number of benzene rings is 2. The molecule has 202 valence electrons. The number of nitrogens with two attached hydrogens (primary N) is 1. The number of sulfonamides is 1. The van der Waals surface area contributed by atoms with Gasteiger partial charge >= 0.3 is 0 Å². The highest BCUT2D eigenvalue weighted by Gasteiger charge is 2.29. The first-order valence-electron chi connectivity index (χ1n) is 12.8. The van der Waals surface area contributed by atoms with Gasteiger partial charge in [0, 0.05) is 49.4 Å². The Hall–Kier alpha value is -4.12. The Bertz CT molecular complexity index is 1760. The fourth-order valence-electron chi connectivity index (χ4n) is 4.81. The third-order valence-corrected chi connectivity index (χ3v) is 9.07. The molecule has 0 bridgehead atoms. The summed E-state index contributed by atoms with van der Waals surface area (Å²) in [5.74, 6) is 1.01. The molecule has 5 aromatic rings. The minimum atomic E-state index is -3.57. The van der Waals surface area contributed by atoms with Crippen LogP contribution in [0.25, 0.3) is 22.3 Å². The van der Waals surface area contributed by atoms with Crippen molar-refractivity contribution < 1.29 is 8.42 Å². The van der Waals surface area contributed by atoms with Gasteiger partial charge in [0.2, 0.25) is 16.0 Å². The minimum Gasteiger partial charge on any atom is -0.368 e. The molecular formula is C29H26ClN7O2S. The molecule has 6 rings (SSSR count). The molecule has 9 nitrogen and oxygen atoms in total. The van der Waals surface area contributed by atoms with E-state index in [-0.39, 0.29) is 10.8 Å². The van der Waals surface area contributed by atoms with Crippen LogP contribution in [0.1, 0.15) is 11.3 Å². The van der Waals surface area contributed by atoms with Crippen molar-refractivity contribution in [3.8, 4) is 11.3 Å². The third-order valence-electron chi connectivity index (χ3n) is 6.90. The summed E-state index contributed by atoms with van der Waals surface area (Å²) in [4.78, 5) is 20.7. The van der Waals surface area contributed by atoms with Gasteiger partial charge in [-0.2, -0.15) is 4.31 Å². The average molecular weight is 572 g/mol. The first kappa shape index (κ1) is 26.1. The lowest BCUT2D eigenvalue weighted by Crippen LogP contribution is -2.48. The summed E-state index contributed by atoms with van der Waals surface area (Å²) in [6, 6.07) is 24.0. The second kappa shape index (κ2) is 10.8. The van der Waals surface area contributed by atoms with Crippen LogP contribution in [0.15, 0.2) is 90.0 Å². The van der Waals surface area contributed by atoms with E-state index in [1.54, 1.807) is 18.3 Å². The summed E-state index contributed by atoms with van der Waals surface area (Å²) in [5.41, 5.74) is 10.9. The number of nitrogens with zero attached hydrogens (tertiary/aromatic N) is 6. The zero-order valence-corrected chi connectivity index (χ0v) is 23.1. The van der Waals surface area contributed by atoms with Gasteiger partial charge in [0.1, 0.15) is 11.3 Å². The molecule has 0 radical (unpaired) electrons. The molecule has 0 unspecified atom stereocenters. The Labute approximate surface area is 237 Å². The van der Waals surface area contributed by atoms with Gasteiger partial charge in [0.15, 0.2) is 0 Å². The van der Waals surface area contributed by atoms with Crippen molar-refractivity contribution in [3.05, 3.63) is 101 Å². The number of hydrogen-bond donors (Lipinski definition) is 1. The van der Waals surface area contributed by atoms with E-state index < -0.39 is 10.0 Å². The normalized spacial score (nSPS) is 14.5. The van der Waals surface area contributed by atoms with E-state index in [9.17, 15) is 8.42 Å². The minimum absolute atomic E-state index is 0.222. The van der Waals surface area contributed by atoms with Crippen LogP contribution in [0.4, 0.5) is 11.8 Å². The molecule has 2 N–H and O–H groups in total. The van der Waals surface area contributed by atoms with Crippen LogP contribution in [0.5, 0.6) is 0 Å². The molecule has 1 fully saturated rings. The molecule has 1 aliphatic heterocycles. The third kappa shape index (κ3) is 5.33. The summed E-state index contributed by atoms with van der Waals surface area (Å²) >= 11 is 5.92. The number of hydrogen-bond acceptors (Lipinski definition) is 8. The van der Waals surface area contributed by atoms with Gasteiger partial charge in [-0.05, 0) is 54.1 Å². The van der Waals surface area contributed by atoms with Gasteiger partial charge in [0.05, 0.1) is 21.8 Å². The summed E-state index contributed by atoms with van der Waals surface area (Å²) < 4.78 is 27.5. The number of halogens is 1. The summed E-state index contributed by atoms with van der Waals surface area (Å²) in [6.45, 7) is 1.81. The van der Waals surface area contributed by atoms with Crippen molar-refractivity contribution in [1.82, 2.24) is 24.2 Å². The maximum atomic E-state index is 13.0. The summed E-state index contributed by atoms with van der Waals surface area (Å²) in [6.07, 6.45) is 2.38. The largest absolute Gasteiger partial charge is 0.368 e. The van der Waals surface area contributed by atoms with Crippen LogP contribution in [-0.2, 0) is 16.4 Å². The van der Waals surface area contributed by atoms with Crippen LogP contribution < -0.4 is 10.6 Å². The first-order valence-corrected chi connectivity index (χ1v) is 14.6. The second-order valence-electron chi connectivity index (χ2n) is 9.51. The zero-order valence-electron chi connectivity index (χ0n) is 21.5. The van der Waals surface area contributed by atoms with Gasteiger partial charge < -0.3 is 10.6 Å². The van der Waals surface area contributed by atoms with Crippen molar-refractivity contribution in [2.45, 2.75) is 11.3 Å². The molecule has 3 aromatic heterocycles. The molecule has 0 atom stereocenters. The smallest absolute Gasteiger partial charge is 0.243 e. The highest BCUT2D eigenvalue weighted by molar-refractivity contribution is 7.89. The molecule has 0 spiro atoms. The number of piperazine rings is 1. The molecule has 0 aliphatic carbocycles. The topological polar surface area (TPSA) is 118 Å². The fourth-order valence-corrected chi connectivity index (χ4v) is 6.35. The van der Waals surface area contributed by atoms with E-state index >= 15 is 0 Å². The van der Waals surface area contributed by atoms with E-state index in [2.05, 4.69) is 19.9 Å². The molecule has 0 amide bonds. The van der Waals surface area contributed by atoms with Crippen molar-refractivity contribution in [3.63, 3.8) is 0 Å². The number of rotatable bonds is 6. The maximum Gasteiger partial charge on any atom is 0.243 e. The number of aromatic nitrogens is 4. The number of anilines is 2. The lowest BCUT2D eigenvalue weighted by atomic mass is 10.1. The Morgan fingerprint density at radius 2 is 1.57 bits per heavy atom. The highest BCUT2D eigenvalue weighted by atomic mass is 35.5. The van der Waals surface area contributed by atoms with Crippen molar-refractivity contribution in [2.75, 3.05) is 36.8 Å². The van der Waals surface area contributed by atoms with Crippen LogP contribution in [-0.4, -0.2) is 58.8 Å². The molecule has 40 heavy (non-hydrogen) atoms. The average Bonchev–Trinajstić information content (AvgIpc) is 2.98. The van der Waals surface area contributed by atoms with E-state index in [4.69, 9.17) is 22.3 Å². The quantitative estimate of drug-likeness (QED) is 0.318. The summed E-state index contributed by atoms with van der Waals surface area (Å²) in [7, 11) is -3.57. The predicted octanol–water partition coefficient (Wildman–Crippen LogP) is 4.42. The molecule has 1 aliphatic rings. The van der Waals surface area contributed by atoms with Crippen LogP contribution in [0.3, 0.4) is 0 Å². The molecule has 2 aromatic carbocycles. The van der Waals surface area contributed by atoms with Gasteiger partial charge in [-0.25, -0.2) is 28.4 Å². The number of fused-ring (bicyclic) bond motifs is 1. The van der Waals surface area contributed by atoms with Gasteiger partial charge in [-0.1, -0.05) is 41.9 Å². The monoisotopic (exact) mass is 571 g/mol. The van der Waals surface area contributed by atoms with Gasteiger partial charge in [0.25, 0.3) is 0 Å².